The number of hydrogen-bond acceptors (Lipinski definition) is 3. The van der Waals surface area contributed by atoms with Crippen LogP contribution >= 0.6 is 0 Å². The first-order valence-corrected chi connectivity index (χ1v) is 5.21. The molecule has 0 heterocycles. The van der Waals surface area contributed by atoms with Gasteiger partial charge in [0.15, 0.2) is 17.4 Å². The van der Waals surface area contributed by atoms with E-state index in [0.717, 1.165) is 24.3 Å². The number of carboxylic acid groups (broad SMARTS) is 1. The summed E-state index contributed by atoms with van der Waals surface area (Å²) in [6.07, 6.45) is 1.63. The Labute approximate surface area is 107 Å². The summed E-state index contributed by atoms with van der Waals surface area (Å²) in [5.41, 5.74) is 4.89. The van der Waals surface area contributed by atoms with Gasteiger partial charge in [-0.2, -0.15) is 0 Å². The molecule has 3 N–H and O–H groups in total. The standard InChI is InChI=1S/C12H11F2NO4/c13-8-5-7(1-2-11(17)18)6-9(14)12(8)19-4-3-10(15)16/h1-2,5-6H,3-4H2,(H2,15,16)(H,17,18). The molecule has 0 bridgehead atoms. The normalized spacial score (nSPS) is 10.6. The molecule has 0 unspecified atom stereocenters. The van der Waals surface area contributed by atoms with Crippen molar-refractivity contribution in [1.82, 2.24) is 0 Å². The number of ether oxygens (including phenoxy) is 1. The fourth-order valence-corrected chi connectivity index (χ4v) is 1.23. The molecule has 0 spiro atoms. The van der Waals surface area contributed by atoms with Gasteiger partial charge in [0.2, 0.25) is 5.91 Å². The van der Waals surface area contributed by atoms with Crippen LogP contribution in [0.5, 0.6) is 5.75 Å². The molecule has 5 nitrogen and oxygen atoms in total. The molecule has 0 saturated carbocycles. The van der Waals surface area contributed by atoms with Crippen LogP contribution in [-0.2, 0) is 9.59 Å². The zero-order valence-electron chi connectivity index (χ0n) is 9.73. The summed E-state index contributed by atoms with van der Waals surface area (Å²) in [7, 11) is 0. The monoisotopic (exact) mass is 271 g/mol. The van der Waals surface area contributed by atoms with Gasteiger partial charge in [0.05, 0.1) is 13.0 Å². The minimum absolute atomic E-state index is 0.0413. The van der Waals surface area contributed by atoms with E-state index in [-0.39, 0.29) is 18.6 Å². The molecule has 0 aromatic heterocycles. The zero-order chi connectivity index (χ0) is 14.4. The molecule has 0 saturated heterocycles. The van der Waals surface area contributed by atoms with Crippen molar-refractivity contribution in [3.63, 3.8) is 0 Å². The Morgan fingerprint density at radius 3 is 2.37 bits per heavy atom. The maximum absolute atomic E-state index is 13.5. The van der Waals surface area contributed by atoms with Crippen LogP contribution in [0.25, 0.3) is 6.08 Å². The summed E-state index contributed by atoms with van der Waals surface area (Å²) in [4.78, 5) is 20.7. The average Bonchev–Trinajstić information content (AvgIpc) is 2.29. The Hall–Kier alpha value is -2.44. The molecule has 1 amide bonds. The summed E-state index contributed by atoms with van der Waals surface area (Å²) < 4.78 is 31.8. The number of nitrogens with two attached hydrogens (primary N) is 1. The number of carboxylic acids is 1. The first-order valence-electron chi connectivity index (χ1n) is 5.21. The topological polar surface area (TPSA) is 89.6 Å². The van der Waals surface area contributed by atoms with E-state index in [1.165, 1.54) is 0 Å². The van der Waals surface area contributed by atoms with Gasteiger partial charge in [-0.1, -0.05) is 0 Å². The van der Waals surface area contributed by atoms with Crippen molar-refractivity contribution >= 4 is 18.0 Å². The number of aliphatic carboxylic acids is 1. The predicted molar refractivity (Wildman–Crippen MR) is 62.3 cm³/mol. The Morgan fingerprint density at radius 1 is 1.32 bits per heavy atom. The van der Waals surface area contributed by atoms with E-state index in [1.54, 1.807) is 0 Å². The zero-order valence-corrected chi connectivity index (χ0v) is 9.73. The predicted octanol–water partition coefficient (Wildman–Crippen LogP) is 1.32. The molecule has 0 radical (unpaired) electrons. The highest BCUT2D eigenvalue weighted by Gasteiger charge is 2.12. The van der Waals surface area contributed by atoms with Gasteiger partial charge in [0.25, 0.3) is 0 Å². The third-order valence-corrected chi connectivity index (χ3v) is 2.03. The smallest absolute Gasteiger partial charge is 0.328 e. The highest BCUT2D eigenvalue weighted by atomic mass is 19.1. The number of rotatable bonds is 6. The number of benzene rings is 1. The number of hydrogen-bond donors (Lipinski definition) is 2. The first-order chi connectivity index (χ1) is 8.90. The van der Waals surface area contributed by atoms with E-state index in [1.807, 2.05) is 0 Å². The first kappa shape index (κ1) is 14.6. The fourth-order valence-electron chi connectivity index (χ4n) is 1.23. The molecule has 0 atom stereocenters. The third-order valence-electron chi connectivity index (χ3n) is 2.03. The SMILES string of the molecule is NC(=O)CCOc1c(F)cc(C=CC(=O)O)cc1F. The lowest BCUT2D eigenvalue weighted by molar-refractivity contribution is -0.131. The maximum atomic E-state index is 13.5. The van der Waals surface area contributed by atoms with Crippen LogP contribution in [0.3, 0.4) is 0 Å². The van der Waals surface area contributed by atoms with Gasteiger partial charge in [-0.3, -0.25) is 4.79 Å². The Morgan fingerprint density at radius 2 is 1.89 bits per heavy atom. The van der Waals surface area contributed by atoms with E-state index >= 15 is 0 Å². The molecule has 19 heavy (non-hydrogen) atoms. The van der Waals surface area contributed by atoms with Crippen LogP contribution in [0.2, 0.25) is 0 Å². The second-order valence-corrected chi connectivity index (χ2v) is 3.55. The highest BCUT2D eigenvalue weighted by Crippen LogP contribution is 2.24. The minimum atomic E-state index is -1.23. The Balaban J connectivity index is 2.85. The molecule has 1 aromatic rings. The van der Waals surface area contributed by atoms with Crippen LogP contribution in [0.4, 0.5) is 8.78 Å². The summed E-state index contributed by atoms with van der Waals surface area (Å²) in [6, 6.07) is 1.84. The number of primary amides is 1. The lowest BCUT2D eigenvalue weighted by Crippen LogP contribution is -2.15. The van der Waals surface area contributed by atoms with Gasteiger partial charge >= 0.3 is 5.97 Å². The van der Waals surface area contributed by atoms with E-state index in [0.29, 0.717) is 0 Å². The van der Waals surface area contributed by atoms with Crippen molar-refractivity contribution in [2.75, 3.05) is 6.61 Å². The largest absolute Gasteiger partial charge is 0.487 e. The lowest BCUT2D eigenvalue weighted by Gasteiger charge is -2.08. The van der Waals surface area contributed by atoms with Crippen LogP contribution in [0.15, 0.2) is 18.2 Å². The Kier molecular flexibility index (Phi) is 4.99. The average molecular weight is 271 g/mol. The van der Waals surface area contributed by atoms with E-state index in [9.17, 15) is 18.4 Å². The summed E-state index contributed by atoms with van der Waals surface area (Å²) in [5.74, 6) is -4.50. The lowest BCUT2D eigenvalue weighted by atomic mass is 10.2. The van der Waals surface area contributed by atoms with Crippen LogP contribution < -0.4 is 10.5 Å². The van der Waals surface area contributed by atoms with E-state index in [4.69, 9.17) is 15.6 Å². The van der Waals surface area contributed by atoms with Crippen LogP contribution in [0, 0.1) is 11.6 Å². The molecule has 0 fully saturated rings. The van der Waals surface area contributed by atoms with Gasteiger partial charge in [-0.05, 0) is 23.8 Å². The number of halogens is 2. The maximum Gasteiger partial charge on any atom is 0.328 e. The highest BCUT2D eigenvalue weighted by molar-refractivity contribution is 5.85. The van der Waals surface area contributed by atoms with Crippen LogP contribution in [-0.4, -0.2) is 23.6 Å². The number of carbonyl (C=O) groups excluding carboxylic acids is 1. The van der Waals surface area contributed by atoms with Gasteiger partial charge in [0.1, 0.15) is 0 Å². The summed E-state index contributed by atoms with van der Waals surface area (Å²) in [6.45, 7) is -0.243. The van der Waals surface area contributed by atoms with Crippen molar-refractivity contribution in [2.24, 2.45) is 5.73 Å². The molecule has 1 rings (SSSR count). The molecule has 0 aliphatic rings. The third kappa shape index (κ3) is 4.74. The molecular weight excluding hydrogens is 260 g/mol. The number of carbonyl (C=O) groups is 2. The summed E-state index contributed by atoms with van der Waals surface area (Å²) in [5, 5.41) is 8.39. The molecule has 1 aromatic carbocycles. The van der Waals surface area contributed by atoms with Crippen molar-refractivity contribution in [1.29, 1.82) is 0 Å². The molecule has 0 aliphatic carbocycles. The second-order valence-electron chi connectivity index (χ2n) is 3.55. The van der Waals surface area contributed by atoms with E-state index < -0.39 is 29.3 Å². The Bertz CT molecular complexity index is 505. The number of amides is 1. The molecular formula is C12H11F2NO4. The molecule has 7 heteroatoms. The quantitative estimate of drug-likeness (QED) is 0.763. The molecule has 102 valence electrons. The minimum Gasteiger partial charge on any atom is -0.487 e. The van der Waals surface area contributed by atoms with Crippen molar-refractivity contribution in [3.05, 3.63) is 35.4 Å². The van der Waals surface area contributed by atoms with Gasteiger partial charge in [0, 0.05) is 6.08 Å². The van der Waals surface area contributed by atoms with Gasteiger partial charge in [-0.15, -0.1) is 0 Å². The van der Waals surface area contributed by atoms with Gasteiger partial charge in [-0.25, -0.2) is 13.6 Å². The van der Waals surface area contributed by atoms with Crippen molar-refractivity contribution in [2.45, 2.75) is 6.42 Å². The fraction of sp³-hybridized carbons (Fsp3) is 0.167. The van der Waals surface area contributed by atoms with Crippen LogP contribution in [0.1, 0.15) is 12.0 Å². The van der Waals surface area contributed by atoms with Gasteiger partial charge < -0.3 is 15.6 Å². The summed E-state index contributed by atoms with van der Waals surface area (Å²) >= 11 is 0. The molecule has 0 aliphatic heterocycles. The van der Waals surface area contributed by atoms with Crippen molar-refractivity contribution < 1.29 is 28.2 Å². The second kappa shape index (κ2) is 6.48. The van der Waals surface area contributed by atoms with E-state index in [2.05, 4.69) is 0 Å². The van der Waals surface area contributed by atoms with Crippen molar-refractivity contribution in [3.8, 4) is 5.75 Å².